The molecule has 0 aliphatic heterocycles. The van der Waals surface area contributed by atoms with Gasteiger partial charge in [-0.2, -0.15) is 0 Å². The minimum absolute atomic E-state index is 0.00428. The van der Waals surface area contributed by atoms with E-state index in [2.05, 4.69) is 5.32 Å². The van der Waals surface area contributed by atoms with Gasteiger partial charge >= 0.3 is 0 Å². The van der Waals surface area contributed by atoms with Crippen LogP contribution in [0.15, 0.2) is 42.5 Å². The van der Waals surface area contributed by atoms with Crippen molar-refractivity contribution in [3.63, 3.8) is 0 Å². The number of carbonyl (C=O) groups is 2. The quantitative estimate of drug-likeness (QED) is 0.375. The Balaban J connectivity index is 2.26. The summed E-state index contributed by atoms with van der Waals surface area (Å²) in [6, 6.07) is 12.5. The van der Waals surface area contributed by atoms with Crippen LogP contribution in [0.2, 0.25) is 0 Å². The molecule has 0 fully saturated rings. The first kappa shape index (κ1) is 31.1. The van der Waals surface area contributed by atoms with Crippen LogP contribution < -0.4 is 14.4 Å². The molecule has 0 saturated carbocycles. The number of carbonyl (C=O) groups excluding carboxylic acids is 2. The largest absolute Gasteiger partial charge is 0.497 e. The van der Waals surface area contributed by atoms with Crippen molar-refractivity contribution in [1.29, 1.82) is 0 Å². The lowest BCUT2D eigenvalue weighted by molar-refractivity contribution is -0.141. The van der Waals surface area contributed by atoms with Gasteiger partial charge in [0.15, 0.2) is 0 Å². The predicted molar refractivity (Wildman–Crippen MR) is 153 cm³/mol. The minimum Gasteiger partial charge on any atom is -0.497 e. The molecule has 0 spiro atoms. The molecule has 2 rings (SSSR count). The summed E-state index contributed by atoms with van der Waals surface area (Å²) >= 11 is 0. The smallest absolute Gasteiger partial charge is 0.243 e. The highest BCUT2D eigenvalue weighted by Crippen LogP contribution is 2.25. The highest BCUT2D eigenvalue weighted by Gasteiger charge is 2.29. The van der Waals surface area contributed by atoms with Crippen LogP contribution in [0.5, 0.6) is 5.75 Å². The first-order valence-corrected chi connectivity index (χ1v) is 15.0. The predicted octanol–water partition coefficient (Wildman–Crippen LogP) is 4.58. The first-order chi connectivity index (χ1) is 17.9. The number of ether oxygens (including phenoxy) is 1. The Morgan fingerprint density at radius 3 is 2.24 bits per heavy atom. The molecular weight excluding hydrogens is 502 g/mol. The van der Waals surface area contributed by atoms with E-state index in [4.69, 9.17) is 4.74 Å². The van der Waals surface area contributed by atoms with E-state index in [-0.39, 0.29) is 37.4 Å². The maximum absolute atomic E-state index is 13.6. The second kappa shape index (κ2) is 14.2. The molecule has 2 amide bonds. The maximum Gasteiger partial charge on any atom is 0.243 e. The van der Waals surface area contributed by atoms with Crippen molar-refractivity contribution in [2.75, 3.05) is 24.2 Å². The molecule has 8 nitrogen and oxygen atoms in total. The third-order valence-electron chi connectivity index (χ3n) is 6.68. The van der Waals surface area contributed by atoms with E-state index in [1.54, 1.807) is 12.0 Å². The van der Waals surface area contributed by atoms with E-state index in [9.17, 15) is 18.0 Å². The molecule has 9 heteroatoms. The molecule has 210 valence electrons. The van der Waals surface area contributed by atoms with E-state index in [0.717, 1.165) is 23.1 Å². The number of aryl methyl sites for hydroxylation is 2. The lowest BCUT2D eigenvalue weighted by Gasteiger charge is -2.32. The third kappa shape index (κ3) is 8.75. The Kier molecular flexibility index (Phi) is 11.6. The van der Waals surface area contributed by atoms with Gasteiger partial charge in [-0.3, -0.25) is 13.9 Å². The molecule has 2 aromatic rings. The summed E-state index contributed by atoms with van der Waals surface area (Å²) in [5, 5.41) is 3.01. The molecule has 0 saturated heterocycles. The Hall–Kier alpha value is -3.07. The number of hydrogen-bond donors (Lipinski definition) is 1. The molecule has 0 aromatic heterocycles. The van der Waals surface area contributed by atoms with Gasteiger partial charge in [0.05, 0.1) is 19.1 Å². The normalized spacial score (nSPS) is 12.9. The number of anilines is 1. The number of methoxy groups -OCH3 is 1. The number of amides is 2. The summed E-state index contributed by atoms with van der Waals surface area (Å²) in [7, 11) is -1.96. The topological polar surface area (TPSA) is 96.0 Å². The van der Waals surface area contributed by atoms with Crippen molar-refractivity contribution in [3.05, 3.63) is 59.2 Å². The standard InChI is InChI=1S/C29H43N3O5S/c1-8-23(5)30-29(34)26(9-2)31(20-24-14-16-25(37-6)17-15-24)28(33)11-10-18-32(38(7,35)36)27-19-21(3)12-13-22(27)4/h12-17,19,23,26H,8-11,18,20H2,1-7H3,(H,30,34)/t23-,26+/m1/s1. The van der Waals surface area contributed by atoms with Gasteiger partial charge in [0.2, 0.25) is 21.8 Å². The van der Waals surface area contributed by atoms with Crippen LogP contribution in [0.4, 0.5) is 5.69 Å². The average Bonchev–Trinajstić information content (AvgIpc) is 2.87. The van der Waals surface area contributed by atoms with E-state index >= 15 is 0 Å². The highest BCUT2D eigenvalue weighted by molar-refractivity contribution is 7.92. The molecule has 0 unspecified atom stereocenters. The highest BCUT2D eigenvalue weighted by atomic mass is 32.2. The molecular formula is C29H43N3O5S. The molecule has 0 radical (unpaired) electrons. The van der Waals surface area contributed by atoms with Crippen LogP contribution in [0, 0.1) is 13.8 Å². The third-order valence-corrected chi connectivity index (χ3v) is 7.86. The summed E-state index contributed by atoms with van der Waals surface area (Å²) in [6.07, 6.45) is 2.86. The van der Waals surface area contributed by atoms with Crippen molar-refractivity contribution in [2.24, 2.45) is 0 Å². The second-order valence-corrected chi connectivity index (χ2v) is 11.7. The van der Waals surface area contributed by atoms with Crippen LogP contribution in [-0.2, 0) is 26.2 Å². The molecule has 0 heterocycles. The second-order valence-electron chi connectivity index (χ2n) is 9.84. The van der Waals surface area contributed by atoms with Crippen LogP contribution in [0.1, 0.15) is 63.1 Å². The van der Waals surface area contributed by atoms with Gasteiger partial charge in [-0.1, -0.05) is 38.1 Å². The molecule has 2 atom stereocenters. The van der Waals surface area contributed by atoms with Gasteiger partial charge in [-0.15, -0.1) is 0 Å². The molecule has 2 aromatic carbocycles. The van der Waals surface area contributed by atoms with Crippen LogP contribution in [-0.4, -0.2) is 57.1 Å². The van der Waals surface area contributed by atoms with Gasteiger partial charge < -0.3 is 15.0 Å². The Morgan fingerprint density at radius 1 is 1.03 bits per heavy atom. The molecule has 38 heavy (non-hydrogen) atoms. The zero-order valence-corrected chi connectivity index (χ0v) is 24.6. The van der Waals surface area contributed by atoms with Crippen molar-refractivity contribution in [1.82, 2.24) is 10.2 Å². The number of rotatable bonds is 14. The van der Waals surface area contributed by atoms with Crippen molar-refractivity contribution < 1.29 is 22.7 Å². The fourth-order valence-corrected chi connectivity index (χ4v) is 5.27. The number of nitrogens with one attached hydrogen (secondary N) is 1. The lowest BCUT2D eigenvalue weighted by Crippen LogP contribution is -2.50. The monoisotopic (exact) mass is 545 g/mol. The Labute approximate surface area is 228 Å². The Bertz CT molecular complexity index is 1180. The van der Waals surface area contributed by atoms with E-state index in [1.807, 2.05) is 77.1 Å². The molecule has 0 aliphatic rings. The van der Waals surface area contributed by atoms with Crippen LogP contribution in [0.3, 0.4) is 0 Å². The molecule has 0 aliphatic carbocycles. The van der Waals surface area contributed by atoms with Crippen molar-refractivity contribution in [2.45, 2.75) is 78.9 Å². The van der Waals surface area contributed by atoms with Crippen molar-refractivity contribution in [3.8, 4) is 5.75 Å². The summed E-state index contributed by atoms with van der Waals surface area (Å²) in [4.78, 5) is 28.3. The lowest BCUT2D eigenvalue weighted by atomic mass is 10.1. The zero-order valence-electron chi connectivity index (χ0n) is 23.8. The maximum atomic E-state index is 13.6. The van der Waals surface area contributed by atoms with Gasteiger partial charge in [-0.05, 0) is 74.9 Å². The number of nitrogens with zero attached hydrogens (tertiary/aromatic N) is 2. The van der Waals surface area contributed by atoms with Crippen LogP contribution in [0.25, 0.3) is 0 Å². The number of benzene rings is 2. The van der Waals surface area contributed by atoms with Crippen molar-refractivity contribution >= 4 is 27.5 Å². The molecule has 1 N–H and O–H groups in total. The van der Waals surface area contributed by atoms with Crippen LogP contribution >= 0.6 is 0 Å². The summed E-state index contributed by atoms with van der Waals surface area (Å²) in [5.41, 5.74) is 3.30. The first-order valence-electron chi connectivity index (χ1n) is 13.2. The average molecular weight is 546 g/mol. The van der Waals surface area contributed by atoms with Gasteiger partial charge in [-0.25, -0.2) is 8.42 Å². The van der Waals surface area contributed by atoms with E-state index < -0.39 is 16.1 Å². The van der Waals surface area contributed by atoms with E-state index in [0.29, 0.717) is 24.3 Å². The Morgan fingerprint density at radius 2 is 1.68 bits per heavy atom. The van der Waals surface area contributed by atoms with Gasteiger partial charge in [0.1, 0.15) is 11.8 Å². The summed E-state index contributed by atoms with van der Waals surface area (Å²) in [5.74, 6) is 0.332. The summed E-state index contributed by atoms with van der Waals surface area (Å²) in [6.45, 7) is 10.0. The zero-order chi connectivity index (χ0) is 28.5. The number of sulfonamides is 1. The fourth-order valence-electron chi connectivity index (χ4n) is 4.26. The van der Waals surface area contributed by atoms with Gasteiger partial charge in [0, 0.05) is 25.6 Å². The summed E-state index contributed by atoms with van der Waals surface area (Å²) < 4.78 is 31.9. The fraction of sp³-hybridized carbons (Fsp3) is 0.517. The minimum atomic E-state index is -3.55. The number of hydrogen-bond acceptors (Lipinski definition) is 5. The van der Waals surface area contributed by atoms with Gasteiger partial charge in [0.25, 0.3) is 0 Å². The van der Waals surface area contributed by atoms with E-state index in [1.165, 1.54) is 10.6 Å². The SMILES string of the molecule is CC[C@@H](C)NC(=O)[C@H](CC)N(Cc1ccc(OC)cc1)C(=O)CCCN(c1cc(C)ccc1C)S(C)(=O)=O. The molecule has 0 bridgehead atoms.